The first-order valence-corrected chi connectivity index (χ1v) is 10.5. The van der Waals surface area contributed by atoms with Gasteiger partial charge in [-0.25, -0.2) is 14.5 Å². The molecule has 0 bridgehead atoms. The second-order valence-corrected chi connectivity index (χ2v) is 7.88. The summed E-state index contributed by atoms with van der Waals surface area (Å²) in [5, 5.41) is 19.5. The summed E-state index contributed by atoms with van der Waals surface area (Å²) in [4.78, 5) is 28.0. The van der Waals surface area contributed by atoms with Crippen molar-refractivity contribution < 1.29 is 19.1 Å². The number of carbonyl (C=O) groups excluding carboxylic acids is 1. The maximum absolute atomic E-state index is 12.5. The van der Waals surface area contributed by atoms with Crippen LogP contribution in [0, 0.1) is 6.92 Å². The van der Waals surface area contributed by atoms with E-state index in [1.165, 1.54) is 16.7 Å². The highest BCUT2D eigenvalue weighted by atomic mass is 32.1. The smallest absolute Gasteiger partial charge is 0.355 e. The van der Waals surface area contributed by atoms with Crippen LogP contribution in [0.25, 0.3) is 27.3 Å². The van der Waals surface area contributed by atoms with Gasteiger partial charge >= 0.3 is 5.97 Å². The largest absolute Gasteiger partial charge is 0.476 e. The second-order valence-electron chi connectivity index (χ2n) is 7.04. The van der Waals surface area contributed by atoms with E-state index in [4.69, 9.17) is 9.52 Å². The van der Waals surface area contributed by atoms with Gasteiger partial charge in [0.1, 0.15) is 11.5 Å². The van der Waals surface area contributed by atoms with Gasteiger partial charge in [0, 0.05) is 22.0 Å². The number of nitrogens with zero attached hydrogens (tertiary/aromatic N) is 3. The number of amides is 1. The summed E-state index contributed by atoms with van der Waals surface area (Å²) in [6.07, 6.45) is 0. The predicted molar refractivity (Wildman–Crippen MR) is 121 cm³/mol. The molecule has 2 N–H and O–H groups in total. The van der Waals surface area contributed by atoms with Gasteiger partial charge in [0.05, 0.1) is 5.52 Å². The molecule has 5 rings (SSSR count). The van der Waals surface area contributed by atoms with E-state index in [1.54, 1.807) is 35.9 Å². The van der Waals surface area contributed by atoms with Crippen molar-refractivity contribution in [2.24, 2.45) is 0 Å². The zero-order valence-corrected chi connectivity index (χ0v) is 17.6. The number of fused-ring (bicyclic) bond motifs is 1. The fraction of sp³-hybridized carbons (Fsp3) is 0.0435. The van der Waals surface area contributed by atoms with Gasteiger partial charge in [-0.05, 0) is 37.3 Å². The highest BCUT2D eigenvalue weighted by Crippen LogP contribution is 2.32. The molecule has 0 unspecified atom stereocenters. The van der Waals surface area contributed by atoms with Crippen molar-refractivity contribution in [2.75, 3.05) is 5.32 Å². The average Bonchev–Trinajstić information content (AvgIpc) is 3.52. The fourth-order valence-electron chi connectivity index (χ4n) is 3.36. The van der Waals surface area contributed by atoms with Crippen LogP contribution in [0.5, 0.6) is 0 Å². The lowest BCUT2D eigenvalue weighted by Crippen LogP contribution is -2.10. The van der Waals surface area contributed by atoms with Gasteiger partial charge in [0.25, 0.3) is 5.91 Å². The number of rotatable bonds is 5. The van der Waals surface area contributed by atoms with E-state index in [1.807, 2.05) is 36.4 Å². The van der Waals surface area contributed by atoms with Crippen molar-refractivity contribution in [1.82, 2.24) is 14.8 Å². The van der Waals surface area contributed by atoms with E-state index in [0.29, 0.717) is 22.1 Å². The molecule has 2 aromatic carbocycles. The maximum Gasteiger partial charge on any atom is 0.355 e. The number of anilines is 1. The van der Waals surface area contributed by atoms with Crippen molar-refractivity contribution in [1.29, 1.82) is 0 Å². The minimum atomic E-state index is -1.10. The summed E-state index contributed by atoms with van der Waals surface area (Å²) < 4.78 is 6.99. The predicted octanol–water partition coefficient (Wildman–Crippen LogP) is 5.00. The molecule has 0 saturated carbocycles. The molecule has 0 aliphatic heterocycles. The third-order valence-corrected chi connectivity index (χ3v) is 5.66. The first kappa shape index (κ1) is 19.7. The number of benzene rings is 2. The molecule has 0 aliphatic rings. The molecule has 3 aromatic heterocycles. The van der Waals surface area contributed by atoms with E-state index in [0.717, 1.165) is 16.6 Å². The number of carboxylic acid groups (broad SMARTS) is 1. The Morgan fingerprint density at radius 1 is 1.09 bits per heavy atom. The van der Waals surface area contributed by atoms with Crippen LogP contribution in [-0.2, 0) is 0 Å². The molecule has 0 atom stereocenters. The summed E-state index contributed by atoms with van der Waals surface area (Å²) in [6, 6.07) is 18.5. The van der Waals surface area contributed by atoms with E-state index in [-0.39, 0.29) is 17.4 Å². The molecule has 1 amide bonds. The molecule has 3 heterocycles. The zero-order valence-electron chi connectivity index (χ0n) is 16.8. The lowest BCUT2D eigenvalue weighted by Gasteiger charge is -2.05. The number of furan rings is 1. The lowest BCUT2D eigenvalue weighted by molar-refractivity contribution is 0.0691. The number of carboxylic acids is 1. The molecule has 158 valence electrons. The normalized spacial score (nSPS) is 11.0. The Kier molecular flexibility index (Phi) is 4.79. The molecule has 0 spiro atoms. The number of hydrogen-bond acceptors (Lipinski definition) is 6. The van der Waals surface area contributed by atoms with E-state index in [2.05, 4.69) is 10.3 Å². The summed E-state index contributed by atoms with van der Waals surface area (Å²) in [6.45, 7) is 1.77. The molecule has 0 saturated heterocycles. The van der Waals surface area contributed by atoms with Crippen molar-refractivity contribution in [3.05, 3.63) is 83.3 Å². The molecule has 32 heavy (non-hydrogen) atoms. The van der Waals surface area contributed by atoms with Crippen molar-refractivity contribution in [2.45, 2.75) is 6.92 Å². The average molecular weight is 444 g/mol. The van der Waals surface area contributed by atoms with E-state index < -0.39 is 5.97 Å². The van der Waals surface area contributed by atoms with Crippen LogP contribution < -0.4 is 5.32 Å². The second kappa shape index (κ2) is 7.78. The number of aromatic nitrogens is 3. The quantitative estimate of drug-likeness (QED) is 0.395. The van der Waals surface area contributed by atoms with Crippen LogP contribution in [0.3, 0.4) is 0 Å². The van der Waals surface area contributed by atoms with Crippen molar-refractivity contribution in [3.8, 4) is 16.4 Å². The fourth-order valence-corrected chi connectivity index (χ4v) is 4.12. The van der Waals surface area contributed by atoms with Crippen LogP contribution in [0.1, 0.15) is 26.8 Å². The summed E-state index contributed by atoms with van der Waals surface area (Å²) >= 11 is 1.18. The summed E-state index contributed by atoms with van der Waals surface area (Å²) in [5.74, 6) is -0.607. The Morgan fingerprint density at radius 3 is 2.59 bits per heavy atom. The van der Waals surface area contributed by atoms with E-state index in [9.17, 15) is 14.7 Å². The third-order valence-electron chi connectivity index (χ3n) is 4.84. The lowest BCUT2D eigenvalue weighted by atomic mass is 10.1. The Labute approximate surface area is 185 Å². The minimum absolute atomic E-state index is 0.0486. The van der Waals surface area contributed by atoms with Gasteiger partial charge in [-0.15, -0.1) is 11.3 Å². The molecule has 9 heteroatoms. The molecule has 0 aliphatic carbocycles. The highest BCUT2D eigenvalue weighted by molar-refractivity contribution is 7.12. The first-order valence-electron chi connectivity index (χ1n) is 9.65. The monoisotopic (exact) mass is 444 g/mol. The number of carbonyl (C=O) groups is 2. The number of aryl methyl sites for hydroxylation is 1. The SMILES string of the molecule is Cc1ccc(C(=O)Nc2ccc3c(-c4ccccc4)nn(-c4nc(C(=O)O)cs4)c3c2)o1. The zero-order chi connectivity index (χ0) is 22.2. The molecular formula is C23H16N4O4S. The van der Waals surface area contributed by atoms with Gasteiger partial charge < -0.3 is 14.8 Å². The number of nitrogens with one attached hydrogen (secondary N) is 1. The van der Waals surface area contributed by atoms with Crippen LogP contribution in [-0.4, -0.2) is 31.7 Å². The van der Waals surface area contributed by atoms with Gasteiger partial charge in [-0.1, -0.05) is 30.3 Å². The van der Waals surface area contributed by atoms with Gasteiger partial charge in [-0.2, -0.15) is 5.10 Å². The summed E-state index contributed by atoms with van der Waals surface area (Å²) in [7, 11) is 0. The van der Waals surface area contributed by atoms with Gasteiger partial charge in [-0.3, -0.25) is 4.79 Å². The van der Waals surface area contributed by atoms with Crippen molar-refractivity contribution in [3.63, 3.8) is 0 Å². The minimum Gasteiger partial charge on any atom is -0.476 e. The molecule has 8 nitrogen and oxygen atoms in total. The van der Waals surface area contributed by atoms with Crippen LogP contribution >= 0.6 is 11.3 Å². The van der Waals surface area contributed by atoms with Gasteiger partial charge in [0.15, 0.2) is 11.5 Å². The number of aromatic carboxylic acids is 1. The molecular weight excluding hydrogens is 428 g/mol. The number of thiazole rings is 1. The Bertz CT molecular complexity index is 1470. The van der Waals surface area contributed by atoms with Crippen LogP contribution in [0.4, 0.5) is 5.69 Å². The highest BCUT2D eigenvalue weighted by Gasteiger charge is 2.19. The number of hydrogen-bond donors (Lipinski definition) is 2. The van der Waals surface area contributed by atoms with Crippen molar-refractivity contribution >= 4 is 39.8 Å². The first-order chi connectivity index (χ1) is 15.5. The Morgan fingerprint density at radius 2 is 1.91 bits per heavy atom. The molecule has 0 fully saturated rings. The molecule has 5 aromatic rings. The van der Waals surface area contributed by atoms with Gasteiger partial charge in [0.2, 0.25) is 5.13 Å². The topological polar surface area (TPSA) is 110 Å². The Hall–Kier alpha value is -4.24. The standard InChI is InChI=1S/C23H16N4O4S/c1-13-7-10-19(31-13)21(28)24-15-8-9-16-18(11-15)27(23-25-17(12-32-23)22(29)30)26-20(16)14-5-3-2-4-6-14/h2-12H,1H3,(H,24,28)(H,29,30). The summed E-state index contributed by atoms with van der Waals surface area (Å²) in [5.41, 5.74) is 2.82. The third kappa shape index (κ3) is 3.54. The van der Waals surface area contributed by atoms with E-state index >= 15 is 0 Å². The van der Waals surface area contributed by atoms with Crippen LogP contribution in [0.15, 0.2) is 70.5 Å². The maximum atomic E-state index is 12.5. The molecule has 0 radical (unpaired) electrons. The van der Waals surface area contributed by atoms with Crippen LogP contribution in [0.2, 0.25) is 0 Å². The Balaban J connectivity index is 1.62.